The Morgan fingerprint density at radius 3 is 2.33 bits per heavy atom. The van der Waals surface area contributed by atoms with E-state index in [1.165, 1.54) is 0 Å². The Morgan fingerprint density at radius 1 is 1.05 bits per heavy atom. The van der Waals surface area contributed by atoms with Crippen molar-refractivity contribution >= 4 is 27.3 Å². The van der Waals surface area contributed by atoms with Crippen molar-refractivity contribution in [2.45, 2.75) is 25.2 Å². The normalized spacial score (nSPS) is 11.4. The number of rotatable bonds is 5. The van der Waals surface area contributed by atoms with Crippen molar-refractivity contribution < 1.29 is 8.42 Å². The number of aryl methyl sites for hydroxylation is 3. The molecule has 0 saturated carbocycles. The van der Waals surface area contributed by atoms with E-state index in [1.807, 2.05) is 31.2 Å². The minimum absolute atomic E-state index is 0.312. The first-order chi connectivity index (χ1) is 9.92. The highest BCUT2D eigenvalue weighted by Crippen LogP contribution is 2.21. The molecule has 5 heteroatoms. The summed E-state index contributed by atoms with van der Waals surface area (Å²) in [6.07, 6.45) is 0.769. The number of benzene rings is 2. The molecule has 0 radical (unpaired) electrons. The molecule has 2 rings (SSSR count). The van der Waals surface area contributed by atoms with E-state index in [-0.39, 0.29) is 0 Å². The number of nitrogens with one attached hydrogen (secondary N) is 1. The van der Waals surface area contributed by atoms with Crippen LogP contribution in [-0.2, 0) is 16.4 Å². The van der Waals surface area contributed by atoms with Gasteiger partial charge >= 0.3 is 0 Å². The molecular formula is C16H18ClNO2S. The number of sulfonamides is 1. The first-order valence-corrected chi connectivity index (χ1v) is 8.69. The maximum absolute atomic E-state index is 12.5. The summed E-state index contributed by atoms with van der Waals surface area (Å²) in [6, 6.07) is 12.7. The van der Waals surface area contributed by atoms with Crippen LogP contribution in [0.4, 0.5) is 5.69 Å². The second kappa shape index (κ2) is 6.50. The van der Waals surface area contributed by atoms with Crippen molar-refractivity contribution in [1.29, 1.82) is 0 Å². The van der Waals surface area contributed by atoms with E-state index >= 15 is 0 Å². The first-order valence-electron chi connectivity index (χ1n) is 6.67. The van der Waals surface area contributed by atoms with E-state index < -0.39 is 10.0 Å². The average Bonchev–Trinajstić information content (AvgIpc) is 2.43. The zero-order chi connectivity index (χ0) is 15.5. The van der Waals surface area contributed by atoms with Crippen LogP contribution < -0.4 is 4.72 Å². The summed E-state index contributed by atoms with van der Waals surface area (Å²) in [5.74, 6) is 0.549. The molecule has 2 aromatic carbocycles. The van der Waals surface area contributed by atoms with Crippen LogP contribution in [0.15, 0.2) is 47.4 Å². The van der Waals surface area contributed by atoms with E-state index in [0.717, 1.165) is 23.1 Å². The van der Waals surface area contributed by atoms with Gasteiger partial charge in [-0.25, -0.2) is 8.42 Å². The van der Waals surface area contributed by atoms with Gasteiger partial charge in [0.15, 0.2) is 0 Å². The fourth-order valence-corrected chi connectivity index (χ4v) is 3.66. The van der Waals surface area contributed by atoms with Crippen molar-refractivity contribution in [3.63, 3.8) is 0 Å². The molecule has 1 N–H and O–H groups in total. The Labute approximate surface area is 131 Å². The van der Waals surface area contributed by atoms with Crippen LogP contribution in [0.1, 0.15) is 16.7 Å². The molecule has 3 nitrogen and oxygen atoms in total. The second-order valence-corrected chi connectivity index (χ2v) is 7.04. The van der Waals surface area contributed by atoms with Crippen LogP contribution in [0.5, 0.6) is 0 Å². The third-order valence-corrected chi connectivity index (χ3v) is 4.93. The molecule has 0 aromatic heterocycles. The van der Waals surface area contributed by atoms with E-state index in [0.29, 0.717) is 16.5 Å². The fourth-order valence-electron chi connectivity index (χ4n) is 2.06. The van der Waals surface area contributed by atoms with Crippen molar-refractivity contribution in [2.24, 2.45) is 0 Å². The molecule has 0 saturated heterocycles. The van der Waals surface area contributed by atoms with E-state index in [9.17, 15) is 8.42 Å². The maximum Gasteiger partial charge on any atom is 0.262 e. The second-order valence-electron chi connectivity index (χ2n) is 5.01. The van der Waals surface area contributed by atoms with Crippen LogP contribution in [0.3, 0.4) is 0 Å². The molecule has 0 unspecified atom stereocenters. The van der Waals surface area contributed by atoms with Crippen LogP contribution in [0.25, 0.3) is 0 Å². The van der Waals surface area contributed by atoms with Gasteiger partial charge in [-0.3, -0.25) is 4.72 Å². The smallest absolute Gasteiger partial charge is 0.262 e. The van der Waals surface area contributed by atoms with Gasteiger partial charge in [0, 0.05) is 11.6 Å². The van der Waals surface area contributed by atoms with Gasteiger partial charge in [-0.2, -0.15) is 0 Å². The monoisotopic (exact) mass is 323 g/mol. The number of halogens is 1. The van der Waals surface area contributed by atoms with Crippen LogP contribution in [0.2, 0.25) is 0 Å². The Balaban J connectivity index is 2.26. The topological polar surface area (TPSA) is 46.2 Å². The van der Waals surface area contributed by atoms with E-state index in [2.05, 4.69) is 4.72 Å². The molecule has 112 valence electrons. The molecule has 0 aliphatic carbocycles. The zero-order valence-electron chi connectivity index (χ0n) is 12.1. The van der Waals surface area contributed by atoms with Crippen LogP contribution in [0, 0.1) is 13.8 Å². The Bertz CT molecular complexity index is 724. The largest absolute Gasteiger partial charge is 0.280 e. The predicted molar refractivity (Wildman–Crippen MR) is 87.6 cm³/mol. The third-order valence-electron chi connectivity index (χ3n) is 3.22. The molecule has 0 aliphatic heterocycles. The first kappa shape index (κ1) is 15.9. The summed E-state index contributed by atoms with van der Waals surface area (Å²) in [5.41, 5.74) is 3.28. The molecular weight excluding hydrogens is 306 g/mol. The van der Waals surface area contributed by atoms with Crippen LogP contribution in [-0.4, -0.2) is 14.3 Å². The Kier molecular flexibility index (Phi) is 4.91. The average molecular weight is 324 g/mol. The molecule has 21 heavy (non-hydrogen) atoms. The molecule has 0 bridgehead atoms. The third kappa shape index (κ3) is 3.99. The summed E-state index contributed by atoms with van der Waals surface area (Å²) >= 11 is 5.68. The Hall–Kier alpha value is -1.52. The zero-order valence-corrected chi connectivity index (χ0v) is 13.6. The summed E-state index contributed by atoms with van der Waals surface area (Å²) in [5, 5.41) is 0. The Morgan fingerprint density at radius 2 is 1.71 bits per heavy atom. The van der Waals surface area contributed by atoms with E-state index in [1.54, 1.807) is 25.1 Å². The summed E-state index contributed by atoms with van der Waals surface area (Å²) in [6.45, 7) is 3.66. The number of hydrogen-bond acceptors (Lipinski definition) is 2. The highest BCUT2D eigenvalue weighted by Gasteiger charge is 2.16. The van der Waals surface area contributed by atoms with Gasteiger partial charge in [-0.1, -0.05) is 24.3 Å². The van der Waals surface area contributed by atoms with Gasteiger partial charge in [0.1, 0.15) is 0 Å². The molecule has 0 heterocycles. The minimum atomic E-state index is -3.57. The van der Waals surface area contributed by atoms with Gasteiger partial charge in [-0.05, 0) is 55.2 Å². The highest BCUT2D eigenvalue weighted by atomic mass is 35.5. The summed E-state index contributed by atoms with van der Waals surface area (Å²) < 4.78 is 27.5. The molecule has 0 aliphatic rings. The van der Waals surface area contributed by atoms with Crippen molar-refractivity contribution in [3.8, 4) is 0 Å². The number of hydrogen-bond donors (Lipinski definition) is 1. The van der Waals surface area contributed by atoms with Gasteiger partial charge in [-0.15, -0.1) is 11.6 Å². The standard InChI is InChI=1S/C16H18ClNO2S/c1-12-3-4-13(2)16(11-12)21(19,20)18-15-7-5-14(6-8-15)9-10-17/h3-8,11,18H,9-10H2,1-2H3. The summed E-state index contributed by atoms with van der Waals surface area (Å²) in [4.78, 5) is 0.312. The van der Waals surface area contributed by atoms with Gasteiger partial charge in [0.2, 0.25) is 0 Å². The van der Waals surface area contributed by atoms with Gasteiger partial charge in [0.05, 0.1) is 4.90 Å². The highest BCUT2D eigenvalue weighted by molar-refractivity contribution is 7.92. The molecule has 0 fully saturated rings. The lowest BCUT2D eigenvalue weighted by molar-refractivity contribution is 0.600. The molecule has 0 spiro atoms. The van der Waals surface area contributed by atoms with Crippen molar-refractivity contribution in [2.75, 3.05) is 10.6 Å². The lowest BCUT2D eigenvalue weighted by Crippen LogP contribution is -2.14. The van der Waals surface area contributed by atoms with Crippen LogP contribution >= 0.6 is 11.6 Å². The lowest BCUT2D eigenvalue weighted by atomic mass is 10.2. The lowest BCUT2D eigenvalue weighted by Gasteiger charge is -2.11. The predicted octanol–water partition coefficient (Wildman–Crippen LogP) is 3.89. The summed E-state index contributed by atoms with van der Waals surface area (Å²) in [7, 11) is -3.57. The number of alkyl halides is 1. The van der Waals surface area contributed by atoms with E-state index in [4.69, 9.17) is 11.6 Å². The maximum atomic E-state index is 12.5. The molecule has 0 amide bonds. The van der Waals surface area contributed by atoms with Gasteiger partial charge in [0.25, 0.3) is 10.0 Å². The minimum Gasteiger partial charge on any atom is -0.280 e. The quantitative estimate of drug-likeness (QED) is 0.849. The SMILES string of the molecule is Cc1ccc(C)c(S(=O)(=O)Nc2ccc(CCCl)cc2)c1. The fraction of sp³-hybridized carbons (Fsp3) is 0.250. The number of anilines is 1. The molecule has 2 aromatic rings. The van der Waals surface area contributed by atoms with Crippen molar-refractivity contribution in [3.05, 3.63) is 59.2 Å². The molecule has 0 atom stereocenters. The van der Waals surface area contributed by atoms with Gasteiger partial charge < -0.3 is 0 Å². The van der Waals surface area contributed by atoms with Crippen molar-refractivity contribution in [1.82, 2.24) is 0 Å².